The number of esters is 1. The van der Waals surface area contributed by atoms with Gasteiger partial charge in [-0.25, -0.2) is 0 Å². The number of hydrogen-bond donors (Lipinski definition) is 3. The van der Waals surface area contributed by atoms with Gasteiger partial charge in [0.2, 0.25) is 0 Å². The third-order valence-corrected chi connectivity index (χ3v) is 8.09. The number of carbonyl (C=O) groups is 3. The number of aliphatic carboxylic acids is 1. The summed E-state index contributed by atoms with van der Waals surface area (Å²) in [7, 11) is 0. The summed E-state index contributed by atoms with van der Waals surface area (Å²) >= 11 is 0. The topological polar surface area (TPSA) is 121 Å². The monoisotopic (exact) mass is 506 g/mol. The minimum absolute atomic E-state index is 0.0639. The highest BCUT2D eigenvalue weighted by atomic mass is 16.5. The fraction of sp³-hybridized carbons (Fsp3) is 0.759. The summed E-state index contributed by atoms with van der Waals surface area (Å²) in [6.07, 6.45) is 7.01. The fourth-order valence-corrected chi connectivity index (χ4v) is 5.34. The van der Waals surface area contributed by atoms with E-state index < -0.39 is 29.5 Å². The van der Waals surface area contributed by atoms with Gasteiger partial charge in [-0.1, -0.05) is 45.9 Å². The summed E-state index contributed by atoms with van der Waals surface area (Å²) in [5.41, 5.74) is 0.652. The molecule has 0 amide bonds. The van der Waals surface area contributed by atoms with E-state index in [1.807, 2.05) is 20.8 Å². The molecule has 0 aromatic heterocycles. The van der Waals surface area contributed by atoms with Crippen LogP contribution in [0.3, 0.4) is 0 Å². The summed E-state index contributed by atoms with van der Waals surface area (Å²) < 4.78 is 6.13. The van der Waals surface area contributed by atoms with Crippen molar-refractivity contribution in [3.05, 3.63) is 23.8 Å². The molecule has 0 heterocycles. The first-order valence-corrected chi connectivity index (χ1v) is 13.5. The molecule has 0 radical (unpaired) electrons. The molecule has 7 heteroatoms. The number of aliphatic hydroxyl groups is 2. The quantitative estimate of drug-likeness (QED) is 0.310. The Morgan fingerprint density at radius 3 is 2.42 bits per heavy atom. The Balaban J connectivity index is 2.02. The molecule has 0 bridgehead atoms. The van der Waals surface area contributed by atoms with E-state index in [2.05, 4.69) is 32.1 Å². The van der Waals surface area contributed by atoms with Crippen LogP contribution in [0.4, 0.5) is 0 Å². The number of Topliss-reactive ketones (excluding diaryl/α,β-unsaturated/α-hetero) is 1. The number of rotatable bonds is 13. The predicted molar refractivity (Wildman–Crippen MR) is 138 cm³/mol. The molecule has 7 nitrogen and oxygen atoms in total. The molecule has 0 spiro atoms. The van der Waals surface area contributed by atoms with Crippen molar-refractivity contribution in [2.24, 2.45) is 35.0 Å². The molecule has 0 fully saturated rings. The van der Waals surface area contributed by atoms with Gasteiger partial charge in [-0.3, -0.25) is 14.4 Å². The van der Waals surface area contributed by atoms with Gasteiger partial charge in [0, 0.05) is 18.8 Å². The number of ketones is 1. The van der Waals surface area contributed by atoms with Crippen LogP contribution >= 0.6 is 0 Å². The number of carbonyl (C=O) groups excluding carboxylic acids is 2. The van der Waals surface area contributed by atoms with Gasteiger partial charge in [-0.2, -0.15) is 0 Å². The lowest BCUT2D eigenvalue weighted by Gasteiger charge is -2.44. The van der Waals surface area contributed by atoms with Gasteiger partial charge in [0.05, 0.1) is 23.5 Å². The van der Waals surface area contributed by atoms with Crippen LogP contribution in [0.25, 0.3) is 0 Å². The summed E-state index contributed by atoms with van der Waals surface area (Å²) in [6, 6.07) is 0. The molecule has 2 aliphatic rings. The smallest absolute Gasteiger partial charge is 0.311 e. The van der Waals surface area contributed by atoms with E-state index in [0.29, 0.717) is 25.2 Å². The van der Waals surface area contributed by atoms with Crippen LogP contribution in [-0.4, -0.2) is 51.4 Å². The number of carboxylic acid groups (broad SMARTS) is 1. The highest BCUT2D eigenvalue weighted by Gasteiger charge is 2.42. The van der Waals surface area contributed by atoms with Gasteiger partial charge in [0.1, 0.15) is 11.9 Å². The van der Waals surface area contributed by atoms with E-state index in [1.54, 1.807) is 0 Å². The molecular formula is C29H46O7. The van der Waals surface area contributed by atoms with Crippen LogP contribution in [0.2, 0.25) is 0 Å². The molecule has 36 heavy (non-hydrogen) atoms. The van der Waals surface area contributed by atoms with E-state index in [1.165, 1.54) is 12.5 Å². The average molecular weight is 507 g/mol. The molecule has 0 aromatic rings. The van der Waals surface area contributed by atoms with E-state index >= 15 is 0 Å². The molecule has 0 aliphatic heterocycles. The Bertz CT molecular complexity index is 843. The number of aliphatic hydroxyl groups excluding tert-OH is 2. The summed E-state index contributed by atoms with van der Waals surface area (Å²) in [5, 5.41) is 29.9. The van der Waals surface area contributed by atoms with Crippen LogP contribution in [0.5, 0.6) is 0 Å². The minimum Gasteiger partial charge on any atom is -0.481 e. The number of fused-ring (bicyclic) bond motifs is 1. The zero-order chi connectivity index (χ0) is 27.2. The molecule has 8 atom stereocenters. The van der Waals surface area contributed by atoms with Gasteiger partial charge < -0.3 is 20.1 Å². The Morgan fingerprint density at radius 2 is 1.81 bits per heavy atom. The summed E-state index contributed by atoms with van der Waals surface area (Å²) in [4.78, 5) is 35.9. The summed E-state index contributed by atoms with van der Waals surface area (Å²) in [6.45, 7) is 11.6. The number of allylic oxidation sites excluding steroid dienone is 3. The van der Waals surface area contributed by atoms with Crippen LogP contribution in [0.15, 0.2) is 23.8 Å². The maximum Gasteiger partial charge on any atom is 0.311 e. The van der Waals surface area contributed by atoms with Crippen LogP contribution in [0, 0.1) is 35.0 Å². The average Bonchev–Trinajstić information content (AvgIpc) is 2.77. The standard InChI is InChI=1S/C29H46O7/c1-7-29(5,6)28(35)36-25-13-17(2)12-20-9-8-18(3)24(26(20)25)11-10-21(30)15-23(32)16-22(31)14-19(4)27(33)34/h8-9,12,17-19,21,23-26,30,32H,7,10-11,13-16H2,1-6H3,(H,33,34)/t17-,18-,19+,21+,23+,24-,25-,26-/m0/s1. The molecule has 2 aliphatic carbocycles. The number of carboxylic acids is 1. The second-order valence-corrected chi connectivity index (χ2v) is 11.8. The Kier molecular flexibility index (Phi) is 10.9. The second-order valence-electron chi connectivity index (χ2n) is 11.8. The van der Waals surface area contributed by atoms with Crippen LogP contribution < -0.4 is 0 Å². The van der Waals surface area contributed by atoms with Gasteiger partial charge in [0.25, 0.3) is 0 Å². The Labute approximate surface area is 216 Å². The highest BCUT2D eigenvalue weighted by molar-refractivity contribution is 5.83. The van der Waals surface area contributed by atoms with Crippen molar-refractivity contribution in [1.29, 1.82) is 0 Å². The van der Waals surface area contributed by atoms with E-state index in [4.69, 9.17) is 9.84 Å². The first-order chi connectivity index (χ1) is 16.7. The molecule has 2 rings (SSSR count). The van der Waals surface area contributed by atoms with Crippen molar-refractivity contribution >= 4 is 17.7 Å². The summed E-state index contributed by atoms with van der Waals surface area (Å²) in [5.74, 6) is -1.52. The SMILES string of the molecule is CCC(C)(C)C(=O)O[C@H]1C[C@@H](C)C=C2C=C[C@H](C)[C@H](CC[C@@H](O)C[C@@H](O)CC(=O)C[C@@H](C)C(=O)O)[C@H]21. The number of ether oxygens (including phenoxy) is 1. The molecule has 0 aromatic carbocycles. The van der Waals surface area contributed by atoms with E-state index in [9.17, 15) is 24.6 Å². The third kappa shape index (κ3) is 8.27. The zero-order valence-electron chi connectivity index (χ0n) is 22.8. The molecule has 204 valence electrons. The Morgan fingerprint density at radius 1 is 1.14 bits per heavy atom. The first-order valence-electron chi connectivity index (χ1n) is 13.5. The lowest BCUT2D eigenvalue weighted by atomic mass is 9.65. The van der Waals surface area contributed by atoms with Crippen molar-refractivity contribution in [2.45, 2.75) is 105 Å². The van der Waals surface area contributed by atoms with Crippen LogP contribution in [0.1, 0.15) is 86.5 Å². The van der Waals surface area contributed by atoms with Crippen molar-refractivity contribution in [3.63, 3.8) is 0 Å². The first kappa shape index (κ1) is 30.2. The van der Waals surface area contributed by atoms with Gasteiger partial charge >= 0.3 is 11.9 Å². The van der Waals surface area contributed by atoms with Crippen molar-refractivity contribution in [1.82, 2.24) is 0 Å². The normalized spacial score (nSPS) is 28.4. The lowest BCUT2D eigenvalue weighted by molar-refractivity contribution is -0.164. The molecule has 3 N–H and O–H groups in total. The fourth-order valence-electron chi connectivity index (χ4n) is 5.34. The molecule has 0 saturated carbocycles. The van der Waals surface area contributed by atoms with Gasteiger partial charge in [-0.05, 0) is 69.3 Å². The third-order valence-electron chi connectivity index (χ3n) is 8.09. The van der Waals surface area contributed by atoms with E-state index in [-0.39, 0.29) is 54.9 Å². The maximum absolute atomic E-state index is 12.9. The van der Waals surface area contributed by atoms with Gasteiger partial charge in [0.15, 0.2) is 0 Å². The second kappa shape index (κ2) is 13.0. The number of hydrogen-bond acceptors (Lipinski definition) is 6. The molecule has 0 saturated heterocycles. The molecule has 0 unspecified atom stereocenters. The molecular weight excluding hydrogens is 460 g/mol. The van der Waals surface area contributed by atoms with E-state index in [0.717, 1.165) is 6.42 Å². The maximum atomic E-state index is 12.9. The predicted octanol–water partition coefficient (Wildman–Crippen LogP) is 4.70. The minimum atomic E-state index is -1.04. The van der Waals surface area contributed by atoms with Crippen molar-refractivity contribution in [3.8, 4) is 0 Å². The largest absolute Gasteiger partial charge is 0.481 e. The Hall–Kier alpha value is -1.99. The zero-order valence-corrected chi connectivity index (χ0v) is 22.8. The highest BCUT2D eigenvalue weighted by Crippen LogP contribution is 2.45. The van der Waals surface area contributed by atoms with Crippen LogP contribution in [-0.2, 0) is 19.1 Å². The van der Waals surface area contributed by atoms with Crippen molar-refractivity contribution in [2.75, 3.05) is 0 Å². The van der Waals surface area contributed by atoms with Gasteiger partial charge in [-0.15, -0.1) is 0 Å². The van der Waals surface area contributed by atoms with Crippen molar-refractivity contribution < 1.29 is 34.4 Å². The lowest BCUT2D eigenvalue weighted by Crippen LogP contribution is -2.43.